The van der Waals surface area contributed by atoms with Crippen LogP contribution in [0.2, 0.25) is 5.02 Å². The second kappa shape index (κ2) is 4.82. The van der Waals surface area contributed by atoms with Gasteiger partial charge in [0.2, 0.25) is 5.89 Å². The molecule has 20 heavy (non-hydrogen) atoms. The van der Waals surface area contributed by atoms with Gasteiger partial charge < -0.3 is 15.3 Å². The molecule has 3 N–H and O–H groups in total. The van der Waals surface area contributed by atoms with Gasteiger partial charge in [0.15, 0.2) is 5.69 Å². The number of nitrogens with two attached hydrogens (primary N) is 1. The van der Waals surface area contributed by atoms with Gasteiger partial charge >= 0.3 is 0 Å². The Hall–Kier alpha value is -2.60. The van der Waals surface area contributed by atoms with Crippen molar-refractivity contribution in [3.8, 4) is 28.6 Å². The fraction of sp³-hybridized carbons (Fsp3) is 0. The van der Waals surface area contributed by atoms with Gasteiger partial charge in [0, 0.05) is 5.56 Å². The topological polar surface area (TPSA) is 98.1 Å². The van der Waals surface area contributed by atoms with Crippen LogP contribution in [0.5, 0.6) is 5.75 Å². The lowest BCUT2D eigenvalue weighted by molar-refractivity contribution is 0.475. The van der Waals surface area contributed by atoms with E-state index in [1.165, 1.54) is 24.7 Å². The zero-order chi connectivity index (χ0) is 14.1. The highest BCUT2D eigenvalue weighted by Gasteiger charge is 2.16. The third kappa shape index (κ3) is 2.17. The molecule has 0 saturated carbocycles. The van der Waals surface area contributed by atoms with Crippen molar-refractivity contribution in [1.82, 2.24) is 15.0 Å². The molecule has 3 aromatic rings. The standard InChI is InChI=1S/C13H9ClN4O2/c14-8-5-7(1-2-9(8)19)11-12(13-16-3-4-20-13)18-10(15)6-17-11/h1-6,19H,(H2,15,18). The molecule has 3 rings (SSSR count). The van der Waals surface area contributed by atoms with Gasteiger partial charge in [-0.25, -0.2) is 15.0 Å². The largest absolute Gasteiger partial charge is 0.506 e. The Kier molecular flexibility index (Phi) is 3.00. The van der Waals surface area contributed by atoms with Crippen LogP contribution in [-0.2, 0) is 0 Å². The predicted octanol–water partition coefficient (Wildman–Crippen LogP) is 2.74. The molecule has 0 atom stereocenters. The van der Waals surface area contributed by atoms with Crippen molar-refractivity contribution < 1.29 is 9.52 Å². The molecule has 100 valence electrons. The summed E-state index contributed by atoms with van der Waals surface area (Å²) in [5, 5.41) is 9.69. The Morgan fingerprint density at radius 2 is 2.05 bits per heavy atom. The zero-order valence-electron chi connectivity index (χ0n) is 10.1. The molecule has 2 heterocycles. The molecule has 0 unspecified atom stereocenters. The van der Waals surface area contributed by atoms with E-state index in [9.17, 15) is 5.11 Å². The molecule has 0 aliphatic heterocycles. The lowest BCUT2D eigenvalue weighted by Crippen LogP contribution is -1.98. The van der Waals surface area contributed by atoms with Gasteiger partial charge in [0.25, 0.3) is 0 Å². The highest BCUT2D eigenvalue weighted by molar-refractivity contribution is 6.32. The molecule has 0 spiro atoms. The number of rotatable bonds is 2. The van der Waals surface area contributed by atoms with E-state index in [0.29, 0.717) is 22.8 Å². The fourth-order valence-corrected chi connectivity index (χ4v) is 1.94. The Morgan fingerprint density at radius 1 is 1.20 bits per heavy atom. The van der Waals surface area contributed by atoms with Crippen molar-refractivity contribution in [1.29, 1.82) is 0 Å². The van der Waals surface area contributed by atoms with Crippen molar-refractivity contribution in [2.75, 3.05) is 5.73 Å². The first-order valence-electron chi connectivity index (χ1n) is 5.66. The molecular formula is C13H9ClN4O2. The van der Waals surface area contributed by atoms with Gasteiger partial charge in [-0.2, -0.15) is 0 Å². The van der Waals surface area contributed by atoms with Crippen LogP contribution in [0.25, 0.3) is 22.8 Å². The molecule has 7 heteroatoms. The molecule has 0 saturated heterocycles. The maximum atomic E-state index is 9.47. The summed E-state index contributed by atoms with van der Waals surface area (Å²) in [6.45, 7) is 0. The number of nitrogens with zero attached hydrogens (tertiary/aromatic N) is 3. The van der Waals surface area contributed by atoms with Gasteiger partial charge in [-0.15, -0.1) is 0 Å². The van der Waals surface area contributed by atoms with Crippen LogP contribution in [0, 0.1) is 0 Å². The second-order valence-corrected chi connectivity index (χ2v) is 4.40. The van der Waals surface area contributed by atoms with Crippen LogP contribution in [0.3, 0.4) is 0 Å². The lowest BCUT2D eigenvalue weighted by atomic mass is 10.1. The number of phenols is 1. The number of oxazole rings is 1. The van der Waals surface area contributed by atoms with E-state index in [2.05, 4.69) is 15.0 Å². The van der Waals surface area contributed by atoms with Crippen molar-refractivity contribution in [3.05, 3.63) is 41.9 Å². The van der Waals surface area contributed by atoms with Crippen molar-refractivity contribution in [2.24, 2.45) is 0 Å². The van der Waals surface area contributed by atoms with Crippen molar-refractivity contribution in [2.45, 2.75) is 0 Å². The third-order valence-corrected chi connectivity index (χ3v) is 2.95. The maximum absolute atomic E-state index is 9.47. The molecule has 0 bridgehead atoms. The van der Waals surface area contributed by atoms with Gasteiger partial charge in [0.1, 0.15) is 23.5 Å². The van der Waals surface area contributed by atoms with Gasteiger partial charge in [0.05, 0.1) is 17.4 Å². The Morgan fingerprint density at radius 3 is 2.75 bits per heavy atom. The summed E-state index contributed by atoms with van der Waals surface area (Å²) in [7, 11) is 0. The number of halogens is 1. The Labute approximate surface area is 118 Å². The first-order chi connectivity index (χ1) is 9.65. The molecule has 0 fully saturated rings. The highest BCUT2D eigenvalue weighted by atomic mass is 35.5. The maximum Gasteiger partial charge on any atom is 0.247 e. The summed E-state index contributed by atoms with van der Waals surface area (Å²) in [6.07, 6.45) is 4.38. The number of nitrogen functional groups attached to an aromatic ring is 1. The molecule has 6 nitrogen and oxygen atoms in total. The summed E-state index contributed by atoms with van der Waals surface area (Å²) in [6, 6.07) is 4.74. The fourth-order valence-electron chi connectivity index (χ4n) is 1.76. The molecule has 0 radical (unpaired) electrons. The summed E-state index contributed by atoms with van der Waals surface area (Å²) >= 11 is 5.91. The number of hydrogen-bond donors (Lipinski definition) is 2. The zero-order valence-corrected chi connectivity index (χ0v) is 10.9. The third-order valence-electron chi connectivity index (χ3n) is 2.65. The van der Waals surface area contributed by atoms with E-state index < -0.39 is 0 Å². The number of phenolic OH excluding ortho intramolecular Hbond substituents is 1. The summed E-state index contributed by atoms with van der Waals surface area (Å²) < 4.78 is 5.24. The first kappa shape index (κ1) is 12.4. The minimum atomic E-state index is -0.00325. The van der Waals surface area contributed by atoms with Crippen LogP contribution in [0.1, 0.15) is 0 Å². The lowest BCUT2D eigenvalue weighted by Gasteiger charge is -2.07. The second-order valence-electron chi connectivity index (χ2n) is 4.00. The normalized spacial score (nSPS) is 10.7. The average Bonchev–Trinajstić information content (AvgIpc) is 2.96. The predicted molar refractivity (Wildman–Crippen MR) is 74.1 cm³/mol. The Balaban J connectivity index is 2.20. The van der Waals surface area contributed by atoms with Crippen LogP contribution >= 0.6 is 11.6 Å². The highest BCUT2D eigenvalue weighted by Crippen LogP contribution is 2.32. The molecular weight excluding hydrogens is 280 g/mol. The molecule has 0 amide bonds. The number of benzene rings is 1. The van der Waals surface area contributed by atoms with Crippen LogP contribution in [0.15, 0.2) is 41.3 Å². The van der Waals surface area contributed by atoms with Crippen LogP contribution in [-0.4, -0.2) is 20.1 Å². The van der Waals surface area contributed by atoms with Gasteiger partial charge in [-0.3, -0.25) is 0 Å². The number of aromatic nitrogens is 3. The van der Waals surface area contributed by atoms with Gasteiger partial charge in [-0.05, 0) is 18.2 Å². The van der Waals surface area contributed by atoms with E-state index in [-0.39, 0.29) is 16.6 Å². The smallest absolute Gasteiger partial charge is 0.247 e. The monoisotopic (exact) mass is 288 g/mol. The summed E-state index contributed by atoms with van der Waals surface area (Å²) in [5.41, 5.74) is 7.26. The van der Waals surface area contributed by atoms with Crippen LogP contribution in [0.4, 0.5) is 5.82 Å². The van der Waals surface area contributed by atoms with E-state index >= 15 is 0 Å². The van der Waals surface area contributed by atoms with Crippen molar-refractivity contribution >= 4 is 17.4 Å². The number of anilines is 1. The van der Waals surface area contributed by atoms with Gasteiger partial charge in [-0.1, -0.05) is 11.6 Å². The van der Waals surface area contributed by atoms with Crippen molar-refractivity contribution in [3.63, 3.8) is 0 Å². The molecule has 2 aromatic heterocycles. The molecule has 0 aliphatic carbocycles. The Bertz CT molecular complexity index is 759. The van der Waals surface area contributed by atoms with E-state index in [1.807, 2.05) is 0 Å². The quantitative estimate of drug-likeness (QED) is 0.752. The summed E-state index contributed by atoms with van der Waals surface area (Å²) in [5.74, 6) is 0.562. The summed E-state index contributed by atoms with van der Waals surface area (Å²) in [4.78, 5) is 12.5. The molecule has 0 aliphatic rings. The average molecular weight is 289 g/mol. The number of hydrogen-bond acceptors (Lipinski definition) is 6. The van der Waals surface area contributed by atoms with Crippen LogP contribution < -0.4 is 5.73 Å². The molecule has 1 aromatic carbocycles. The minimum absolute atomic E-state index is 0.00325. The van der Waals surface area contributed by atoms with E-state index in [0.717, 1.165) is 0 Å². The number of aromatic hydroxyl groups is 1. The van der Waals surface area contributed by atoms with E-state index in [1.54, 1.807) is 12.1 Å². The minimum Gasteiger partial charge on any atom is -0.506 e. The van der Waals surface area contributed by atoms with E-state index in [4.69, 9.17) is 21.8 Å². The first-order valence-corrected chi connectivity index (χ1v) is 6.04. The SMILES string of the molecule is Nc1cnc(-c2ccc(O)c(Cl)c2)c(-c2ncco2)n1.